The van der Waals surface area contributed by atoms with Gasteiger partial charge in [0.25, 0.3) is 0 Å². The van der Waals surface area contributed by atoms with E-state index in [9.17, 15) is 0 Å². The highest BCUT2D eigenvalue weighted by molar-refractivity contribution is 6.21. The van der Waals surface area contributed by atoms with Crippen molar-refractivity contribution in [2.24, 2.45) is 5.92 Å². The molecule has 0 nitrogen and oxygen atoms in total. The van der Waals surface area contributed by atoms with E-state index in [1.165, 1.54) is 66.1 Å². The first-order valence-corrected chi connectivity index (χ1v) is 14.1. The van der Waals surface area contributed by atoms with Gasteiger partial charge >= 0.3 is 0 Å². The minimum atomic E-state index is 0.353. The van der Waals surface area contributed by atoms with Crippen molar-refractivity contribution >= 4 is 27.1 Å². The molecule has 0 radical (unpaired) electrons. The van der Waals surface area contributed by atoms with Crippen LogP contribution in [-0.4, -0.2) is 0 Å². The maximum Gasteiger partial charge on any atom is 0.0125 e. The molecule has 6 aromatic rings. The van der Waals surface area contributed by atoms with Crippen LogP contribution < -0.4 is 0 Å². The van der Waals surface area contributed by atoms with E-state index in [2.05, 4.69) is 158 Å². The fourth-order valence-electron chi connectivity index (χ4n) is 6.91. The minimum Gasteiger partial charge on any atom is -0.0767 e. The lowest BCUT2D eigenvalue weighted by Gasteiger charge is -2.32. The maximum absolute atomic E-state index is 2.51. The lowest BCUT2D eigenvalue weighted by molar-refractivity contribution is 0.689. The maximum atomic E-state index is 2.51. The van der Waals surface area contributed by atoms with Gasteiger partial charge in [-0.3, -0.25) is 0 Å². The Kier molecular flexibility index (Phi) is 5.38. The van der Waals surface area contributed by atoms with Crippen LogP contribution in [0.4, 0.5) is 0 Å². The Labute approximate surface area is 235 Å². The van der Waals surface area contributed by atoms with Crippen molar-refractivity contribution in [2.75, 3.05) is 0 Å². The summed E-state index contributed by atoms with van der Waals surface area (Å²) in [5.74, 6) is 0.741. The molecule has 0 aliphatic heterocycles. The van der Waals surface area contributed by atoms with Crippen molar-refractivity contribution in [3.8, 4) is 22.3 Å². The zero-order chi connectivity index (χ0) is 26.5. The Balaban J connectivity index is 1.48. The molecule has 0 saturated carbocycles. The molecule has 0 N–H and O–H groups in total. The topological polar surface area (TPSA) is 0 Å². The third-order valence-electron chi connectivity index (χ3n) is 8.63. The zero-order valence-electron chi connectivity index (χ0n) is 22.2. The normalized spacial score (nSPS) is 17.4. The van der Waals surface area contributed by atoms with Crippen molar-refractivity contribution in [2.45, 2.75) is 5.92 Å². The summed E-state index contributed by atoms with van der Waals surface area (Å²) in [5.41, 5.74) is 10.5. The molecular weight excluding hydrogens is 480 g/mol. The second-order valence-corrected chi connectivity index (χ2v) is 10.8. The zero-order valence-corrected chi connectivity index (χ0v) is 22.2. The second kappa shape index (κ2) is 9.36. The summed E-state index contributed by atoms with van der Waals surface area (Å²) < 4.78 is 0. The molecule has 0 amide bonds. The molecule has 0 saturated heterocycles. The van der Waals surface area contributed by atoms with Crippen molar-refractivity contribution in [1.82, 2.24) is 0 Å². The lowest BCUT2D eigenvalue weighted by atomic mass is 9.71. The predicted molar refractivity (Wildman–Crippen MR) is 170 cm³/mol. The van der Waals surface area contributed by atoms with Gasteiger partial charge in [-0.15, -0.1) is 0 Å². The van der Waals surface area contributed by atoms with Gasteiger partial charge in [-0.1, -0.05) is 158 Å². The van der Waals surface area contributed by atoms with Crippen LogP contribution in [0.2, 0.25) is 0 Å². The molecular formula is C40H28. The van der Waals surface area contributed by atoms with Crippen molar-refractivity contribution < 1.29 is 0 Å². The molecule has 0 aromatic heterocycles. The lowest BCUT2D eigenvalue weighted by Crippen LogP contribution is -2.16. The number of allylic oxidation sites excluding steroid dienone is 5. The van der Waals surface area contributed by atoms with Gasteiger partial charge in [-0.2, -0.15) is 0 Å². The molecule has 0 fully saturated rings. The van der Waals surface area contributed by atoms with E-state index in [0.717, 1.165) is 0 Å². The number of hydrogen-bond acceptors (Lipinski definition) is 0. The fraction of sp³-hybridized carbons (Fsp3) is 0.0500. The predicted octanol–water partition coefficient (Wildman–Crippen LogP) is 10.6. The van der Waals surface area contributed by atoms with E-state index >= 15 is 0 Å². The van der Waals surface area contributed by atoms with Gasteiger partial charge in [0.1, 0.15) is 0 Å². The quantitative estimate of drug-likeness (QED) is 0.209. The monoisotopic (exact) mass is 508 g/mol. The average molecular weight is 509 g/mol. The third-order valence-corrected chi connectivity index (χ3v) is 8.63. The molecule has 0 spiro atoms. The van der Waals surface area contributed by atoms with Crippen LogP contribution in [0.1, 0.15) is 22.6 Å². The van der Waals surface area contributed by atoms with Crippen LogP contribution in [0.25, 0.3) is 49.4 Å². The van der Waals surface area contributed by atoms with Crippen molar-refractivity contribution in [3.63, 3.8) is 0 Å². The van der Waals surface area contributed by atoms with Crippen LogP contribution in [0.15, 0.2) is 158 Å². The van der Waals surface area contributed by atoms with Crippen LogP contribution in [0.5, 0.6) is 0 Å². The number of rotatable bonds is 3. The van der Waals surface area contributed by atoms with Gasteiger partial charge < -0.3 is 0 Å². The van der Waals surface area contributed by atoms with Gasteiger partial charge in [0.05, 0.1) is 0 Å². The number of hydrogen-bond donors (Lipinski definition) is 0. The van der Waals surface area contributed by atoms with Gasteiger partial charge in [-0.05, 0) is 66.1 Å². The van der Waals surface area contributed by atoms with E-state index in [1.54, 1.807) is 0 Å². The van der Waals surface area contributed by atoms with Crippen molar-refractivity contribution in [3.05, 3.63) is 174 Å². The Morgan fingerprint density at radius 2 is 0.925 bits per heavy atom. The van der Waals surface area contributed by atoms with E-state index < -0.39 is 0 Å². The average Bonchev–Trinajstić information content (AvgIpc) is 3.04. The minimum absolute atomic E-state index is 0.353. The number of fused-ring (bicyclic) bond motifs is 5. The SMILES string of the molecule is C1=CC2C=C(c3c4ccccc4c(-c4ccccc4-c4ccccc4)c4ccccc34)c3ccccc3C2C=C1. The molecule has 0 heterocycles. The van der Waals surface area contributed by atoms with Crippen LogP contribution in [-0.2, 0) is 0 Å². The largest absolute Gasteiger partial charge is 0.0767 e. The van der Waals surface area contributed by atoms with E-state index in [-0.39, 0.29) is 0 Å². The Morgan fingerprint density at radius 3 is 1.62 bits per heavy atom. The summed E-state index contributed by atoms with van der Waals surface area (Å²) in [4.78, 5) is 0. The Hall–Kier alpha value is -4.94. The van der Waals surface area contributed by atoms with E-state index in [1.807, 2.05) is 0 Å². The number of benzene rings is 6. The first kappa shape index (κ1) is 23.0. The van der Waals surface area contributed by atoms with Gasteiger partial charge in [0.2, 0.25) is 0 Å². The first-order chi connectivity index (χ1) is 19.9. The van der Waals surface area contributed by atoms with Crippen LogP contribution >= 0.6 is 0 Å². The molecule has 188 valence electrons. The molecule has 6 aromatic carbocycles. The summed E-state index contributed by atoms with van der Waals surface area (Å²) >= 11 is 0. The summed E-state index contributed by atoms with van der Waals surface area (Å²) in [6, 6.07) is 46.6. The van der Waals surface area contributed by atoms with E-state index in [4.69, 9.17) is 0 Å². The summed E-state index contributed by atoms with van der Waals surface area (Å²) in [7, 11) is 0. The Morgan fingerprint density at radius 1 is 0.400 bits per heavy atom. The summed E-state index contributed by atoms with van der Waals surface area (Å²) in [6.07, 6.45) is 11.6. The van der Waals surface area contributed by atoms with Crippen molar-refractivity contribution in [1.29, 1.82) is 0 Å². The highest BCUT2D eigenvalue weighted by atomic mass is 14.3. The molecule has 0 heteroatoms. The smallest absolute Gasteiger partial charge is 0.0125 e. The first-order valence-electron chi connectivity index (χ1n) is 14.1. The van der Waals surface area contributed by atoms with Crippen LogP contribution in [0.3, 0.4) is 0 Å². The molecule has 2 atom stereocenters. The standard InChI is InChI=1S/C40H28/c1-2-14-27(15-3-1)29-17-6-9-21-33(29)39-34-22-10-12-24-36(34)40(37-25-13-11-23-35(37)39)38-26-28-16-4-5-18-30(28)31-19-7-8-20-32(31)38/h1-26,28,30H. The van der Waals surface area contributed by atoms with Gasteiger partial charge in [0, 0.05) is 11.8 Å². The highest BCUT2D eigenvalue weighted by Gasteiger charge is 2.30. The highest BCUT2D eigenvalue weighted by Crippen LogP contribution is 2.49. The van der Waals surface area contributed by atoms with Gasteiger partial charge in [0.15, 0.2) is 0 Å². The molecule has 2 aliphatic carbocycles. The second-order valence-electron chi connectivity index (χ2n) is 10.8. The van der Waals surface area contributed by atoms with E-state index in [0.29, 0.717) is 11.8 Å². The molecule has 0 bridgehead atoms. The Bertz CT molecular complexity index is 1940. The fourth-order valence-corrected chi connectivity index (χ4v) is 6.91. The summed E-state index contributed by atoms with van der Waals surface area (Å²) in [5, 5.41) is 5.18. The molecule has 8 rings (SSSR count). The third kappa shape index (κ3) is 3.53. The molecule has 2 aliphatic rings. The van der Waals surface area contributed by atoms with Crippen LogP contribution in [0, 0.1) is 5.92 Å². The molecule has 2 unspecified atom stereocenters. The summed E-state index contributed by atoms with van der Waals surface area (Å²) in [6.45, 7) is 0. The van der Waals surface area contributed by atoms with Gasteiger partial charge in [-0.25, -0.2) is 0 Å². The molecule has 40 heavy (non-hydrogen) atoms.